The van der Waals surface area contributed by atoms with E-state index in [1.807, 2.05) is 6.92 Å². The molecule has 1 aliphatic heterocycles. The first kappa shape index (κ1) is 13.8. The normalized spacial score (nSPS) is 38.7. The molecular weight excluding hydrogens is 232 g/mol. The smallest absolute Gasteiger partial charge is 0.341 e. The highest BCUT2D eigenvalue weighted by atomic mass is 16.7. The third-order valence-corrected chi connectivity index (χ3v) is 4.27. The molecule has 4 nitrogen and oxygen atoms in total. The van der Waals surface area contributed by atoms with Crippen LogP contribution >= 0.6 is 0 Å². The second kappa shape index (κ2) is 5.17. The molecule has 2 rings (SSSR count). The number of epoxide rings is 1. The molecule has 0 bridgehead atoms. The van der Waals surface area contributed by atoms with Crippen molar-refractivity contribution in [3.8, 4) is 0 Å². The quantitative estimate of drug-likeness (QED) is 0.560. The van der Waals surface area contributed by atoms with Crippen molar-refractivity contribution in [2.45, 2.75) is 69.7 Å². The number of methoxy groups -OCH3 is 1. The van der Waals surface area contributed by atoms with Gasteiger partial charge in [-0.1, -0.05) is 13.3 Å². The number of carbonyl (C=O) groups excluding carboxylic acids is 1. The van der Waals surface area contributed by atoms with E-state index in [0.29, 0.717) is 6.61 Å². The van der Waals surface area contributed by atoms with Gasteiger partial charge in [-0.15, -0.1) is 0 Å². The zero-order valence-electron chi connectivity index (χ0n) is 11.7. The maximum absolute atomic E-state index is 12.2. The molecule has 0 aromatic rings. The standard InChI is InChI=1S/C14H24O4/c1-4-8-14(12(15)17-5-2)13(18-14)9-6-7-11(10-13)16-3/h11H,4-10H2,1-3H3. The van der Waals surface area contributed by atoms with E-state index in [1.165, 1.54) is 0 Å². The van der Waals surface area contributed by atoms with Crippen LogP contribution in [0.4, 0.5) is 0 Å². The SMILES string of the molecule is CCCC1(C(=O)OCC)OC12CCCC(OC)C2. The molecule has 2 aliphatic rings. The predicted molar refractivity (Wildman–Crippen MR) is 67.4 cm³/mol. The van der Waals surface area contributed by atoms with Crippen LogP contribution in [0.25, 0.3) is 0 Å². The van der Waals surface area contributed by atoms with Crippen molar-refractivity contribution >= 4 is 5.97 Å². The molecule has 1 spiro atoms. The van der Waals surface area contributed by atoms with E-state index in [1.54, 1.807) is 7.11 Å². The van der Waals surface area contributed by atoms with E-state index in [-0.39, 0.29) is 17.7 Å². The number of ether oxygens (including phenoxy) is 3. The fourth-order valence-electron chi connectivity index (χ4n) is 3.36. The number of hydrogen-bond donors (Lipinski definition) is 0. The summed E-state index contributed by atoms with van der Waals surface area (Å²) in [6.45, 7) is 4.33. The Morgan fingerprint density at radius 1 is 1.44 bits per heavy atom. The van der Waals surface area contributed by atoms with Crippen LogP contribution in [0, 0.1) is 0 Å². The Morgan fingerprint density at radius 3 is 2.83 bits per heavy atom. The molecule has 2 fully saturated rings. The van der Waals surface area contributed by atoms with Crippen LogP contribution in [-0.2, 0) is 19.0 Å². The van der Waals surface area contributed by atoms with Crippen molar-refractivity contribution in [1.82, 2.24) is 0 Å². The van der Waals surface area contributed by atoms with Gasteiger partial charge in [-0.3, -0.25) is 0 Å². The largest absolute Gasteiger partial charge is 0.464 e. The van der Waals surface area contributed by atoms with E-state index in [9.17, 15) is 4.79 Å². The van der Waals surface area contributed by atoms with Crippen LogP contribution in [-0.4, -0.2) is 37.0 Å². The van der Waals surface area contributed by atoms with Crippen LogP contribution in [0.1, 0.15) is 52.4 Å². The summed E-state index contributed by atoms with van der Waals surface area (Å²) in [6, 6.07) is 0. The molecule has 0 N–H and O–H groups in total. The summed E-state index contributed by atoms with van der Waals surface area (Å²) in [5, 5.41) is 0. The van der Waals surface area contributed by atoms with Crippen LogP contribution in [0.3, 0.4) is 0 Å². The maximum atomic E-state index is 12.2. The van der Waals surface area contributed by atoms with Crippen molar-refractivity contribution in [2.24, 2.45) is 0 Å². The van der Waals surface area contributed by atoms with Gasteiger partial charge in [0, 0.05) is 13.5 Å². The molecule has 0 aromatic carbocycles. The number of esters is 1. The average Bonchev–Trinajstić information content (AvgIpc) is 2.98. The zero-order valence-corrected chi connectivity index (χ0v) is 11.7. The summed E-state index contributed by atoms with van der Waals surface area (Å²) in [6.07, 6.45) is 5.79. The first-order valence-corrected chi connectivity index (χ1v) is 7.04. The summed E-state index contributed by atoms with van der Waals surface area (Å²) in [5.41, 5.74) is -0.997. The molecule has 0 amide bonds. The van der Waals surface area contributed by atoms with Gasteiger partial charge in [-0.05, 0) is 32.6 Å². The first-order valence-electron chi connectivity index (χ1n) is 7.04. The van der Waals surface area contributed by atoms with Gasteiger partial charge in [0.2, 0.25) is 0 Å². The van der Waals surface area contributed by atoms with Crippen LogP contribution < -0.4 is 0 Å². The summed E-state index contributed by atoms with van der Waals surface area (Å²) >= 11 is 0. The van der Waals surface area contributed by atoms with Gasteiger partial charge in [0.15, 0.2) is 5.60 Å². The first-order chi connectivity index (χ1) is 8.64. The molecule has 0 aromatic heterocycles. The average molecular weight is 256 g/mol. The summed E-state index contributed by atoms with van der Waals surface area (Å²) in [7, 11) is 1.73. The molecule has 3 unspecified atom stereocenters. The van der Waals surface area contributed by atoms with Crippen molar-refractivity contribution in [3.05, 3.63) is 0 Å². The van der Waals surface area contributed by atoms with E-state index in [0.717, 1.165) is 38.5 Å². The topological polar surface area (TPSA) is 48.1 Å². The number of rotatable bonds is 5. The van der Waals surface area contributed by atoms with Crippen molar-refractivity contribution in [3.63, 3.8) is 0 Å². The van der Waals surface area contributed by atoms with Gasteiger partial charge in [-0.2, -0.15) is 0 Å². The van der Waals surface area contributed by atoms with E-state index >= 15 is 0 Å². The fraction of sp³-hybridized carbons (Fsp3) is 0.929. The highest BCUT2D eigenvalue weighted by molar-refractivity contribution is 5.85. The second-order valence-corrected chi connectivity index (χ2v) is 5.35. The second-order valence-electron chi connectivity index (χ2n) is 5.35. The Hall–Kier alpha value is -0.610. The van der Waals surface area contributed by atoms with Crippen molar-refractivity contribution in [1.29, 1.82) is 0 Å². The molecule has 104 valence electrons. The van der Waals surface area contributed by atoms with Gasteiger partial charge in [0.25, 0.3) is 0 Å². The predicted octanol–water partition coefficient (Wildman–Crippen LogP) is 2.45. The Bertz CT molecular complexity index is 317. The molecule has 3 atom stereocenters. The molecule has 1 saturated heterocycles. The summed E-state index contributed by atoms with van der Waals surface area (Å²) < 4.78 is 16.6. The van der Waals surface area contributed by atoms with Crippen molar-refractivity contribution in [2.75, 3.05) is 13.7 Å². The molecule has 1 saturated carbocycles. The molecule has 18 heavy (non-hydrogen) atoms. The Morgan fingerprint density at radius 2 is 2.22 bits per heavy atom. The molecule has 4 heteroatoms. The van der Waals surface area contributed by atoms with E-state index < -0.39 is 5.60 Å². The lowest BCUT2D eigenvalue weighted by Gasteiger charge is -2.28. The maximum Gasteiger partial charge on any atom is 0.341 e. The highest BCUT2D eigenvalue weighted by Gasteiger charge is 2.75. The number of hydrogen-bond acceptors (Lipinski definition) is 4. The van der Waals surface area contributed by atoms with Gasteiger partial charge in [0.05, 0.1) is 12.7 Å². The van der Waals surface area contributed by atoms with Gasteiger partial charge in [0.1, 0.15) is 5.60 Å². The molecular formula is C14H24O4. The summed E-state index contributed by atoms with van der Waals surface area (Å²) in [4.78, 5) is 12.2. The minimum atomic E-state index is -0.686. The summed E-state index contributed by atoms with van der Waals surface area (Å²) in [5.74, 6) is -0.177. The van der Waals surface area contributed by atoms with E-state index in [4.69, 9.17) is 14.2 Å². The molecule has 1 aliphatic carbocycles. The third-order valence-electron chi connectivity index (χ3n) is 4.27. The van der Waals surface area contributed by atoms with Gasteiger partial charge in [-0.25, -0.2) is 4.79 Å². The van der Waals surface area contributed by atoms with Crippen molar-refractivity contribution < 1.29 is 19.0 Å². The van der Waals surface area contributed by atoms with Gasteiger partial charge < -0.3 is 14.2 Å². The number of carbonyl (C=O) groups is 1. The van der Waals surface area contributed by atoms with E-state index in [2.05, 4.69) is 6.92 Å². The highest BCUT2D eigenvalue weighted by Crippen LogP contribution is 2.59. The van der Waals surface area contributed by atoms with Crippen LogP contribution in [0.2, 0.25) is 0 Å². The fourth-order valence-corrected chi connectivity index (χ4v) is 3.36. The Balaban J connectivity index is 2.12. The lowest BCUT2D eigenvalue weighted by Crippen LogP contribution is -2.40. The monoisotopic (exact) mass is 256 g/mol. The lowest BCUT2D eigenvalue weighted by molar-refractivity contribution is -0.150. The Labute approximate surface area is 109 Å². The molecule has 1 heterocycles. The Kier molecular flexibility index (Phi) is 3.97. The van der Waals surface area contributed by atoms with Crippen LogP contribution in [0.5, 0.6) is 0 Å². The van der Waals surface area contributed by atoms with Crippen LogP contribution in [0.15, 0.2) is 0 Å². The third kappa shape index (κ3) is 2.05. The minimum absolute atomic E-state index is 0.177. The molecule has 0 radical (unpaired) electrons. The lowest BCUT2D eigenvalue weighted by atomic mass is 9.77. The minimum Gasteiger partial charge on any atom is -0.464 e. The zero-order chi connectivity index (χ0) is 13.2. The van der Waals surface area contributed by atoms with Gasteiger partial charge >= 0.3 is 5.97 Å².